The van der Waals surface area contributed by atoms with Gasteiger partial charge in [-0.1, -0.05) is 30.3 Å². The van der Waals surface area contributed by atoms with Gasteiger partial charge in [-0.25, -0.2) is 0 Å². The van der Waals surface area contributed by atoms with Crippen LogP contribution in [0, 0.1) is 0 Å². The molecule has 3 heteroatoms. The van der Waals surface area contributed by atoms with E-state index in [1.165, 1.54) is 17.7 Å². The first-order valence-electron chi connectivity index (χ1n) is 5.83. The molecule has 0 heterocycles. The Labute approximate surface area is 107 Å². The summed E-state index contributed by atoms with van der Waals surface area (Å²) < 4.78 is 9.53. The Balaban J connectivity index is 0.000000232. The predicted octanol–water partition coefficient (Wildman–Crippen LogP) is 3.42. The highest BCUT2D eigenvalue weighted by Crippen LogP contribution is 2.19. The first-order valence-corrected chi connectivity index (χ1v) is 5.83. The summed E-state index contributed by atoms with van der Waals surface area (Å²) in [5.74, 6) is 0.700. The predicted molar refractivity (Wildman–Crippen MR) is 72.8 cm³/mol. The largest absolute Gasteiger partial charge is 0.497 e. The molecule has 2 aromatic carbocycles. The minimum atomic E-state index is -0.211. The van der Waals surface area contributed by atoms with Crippen LogP contribution in [0.3, 0.4) is 0 Å². The number of carbonyl (C=O) groups excluding carboxylic acids is 1. The van der Waals surface area contributed by atoms with Crippen LogP contribution in [0.2, 0.25) is 0 Å². The van der Waals surface area contributed by atoms with E-state index in [2.05, 4.69) is 22.9 Å². The number of carbonyl (C=O) groups is 1. The third-order valence-electron chi connectivity index (χ3n) is 2.30. The second kappa shape index (κ2) is 7.33. The van der Waals surface area contributed by atoms with Crippen molar-refractivity contribution in [3.8, 4) is 5.75 Å². The van der Waals surface area contributed by atoms with Gasteiger partial charge in [0.25, 0.3) is 0 Å². The molecular formula is C15H18O3. The molecule has 18 heavy (non-hydrogen) atoms. The van der Waals surface area contributed by atoms with Gasteiger partial charge in [0, 0.05) is 6.92 Å². The van der Waals surface area contributed by atoms with Crippen molar-refractivity contribution in [3.63, 3.8) is 0 Å². The SMILES string of the molecule is CCOC(C)=O.COc1ccc2ccccc2c1. The van der Waals surface area contributed by atoms with E-state index in [0.717, 1.165) is 5.75 Å². The lowest BCUT2D eigenvalue weighted by Gasteiger charge is -2.00. The Kier molecular flexibility index (Phi) is 5.71. The molecule has 2 aromatic rings. The van der Waals surface area contributed by atoms with Crippen LogP contribution in [0.4, 0.5) is 0 Å². The quantitative estimate of drug-likeness (QED) is 0.762. The van der Waals surface area contributed by atoms with Gasteiger partial charge in [-0.2, -0.15) is 0 Å². The standard InChI is InChI=1S/C11H10O.C4H8O2/c1-12-11-7-6-9-4-2-3-5-10(9)8-11;1-3-6-4(2)5/h2-8H,1H3;3H2,1-2H3. The summed E-state index contributed by atoms with van der Waals surface area (Å²) in [4.78, 5) is 9.82. The van der Waals surface area contributed by atoms with Gasteiger partial charge in [-0.05, 0) is 29.8 Å². The minimum absolute atomic E-state index is 0.211. The zero-order valence-electron chi connectivity index (χ0n) is 11.0. The van der Waals surface area contributed by atoms with Crippen molar-refractivity contribution in [1.29, 1.82) is 0 Å². The Hall–Kier alpha value is -2.03. The maximum Gasteiger partial charge on any atom is 0.302 e. The molecule has 96 valence electrons. The van der Waals surface area contributed by atoms with Crippen molar-refractivity contribution < 1.29 is 14.3 Å². The van der Waals surface area contributed by atoms with E-state index in [4.69, 9.17) is 4.74 Å². The minimum Gasteiger partial charge on any atom is -0.497 e. The number of hydrogen-bond donors (Lipinski definition) is 0. The molecule has 0 aliphatic heterocycles. The number of hydrogen-bond acceptors (Lipinski definition) is 3. The van der Waals surface area contributed by atoms with Crippen LogP contribution < -0.4 is 4.74 Å². The summed E-state index contributed by atoms with van der Waals surface area (Å²) in [7, 11) is 1.68. The van der Waals surface area contributed by atoms with Gasteiger partial charge in [0.15, 0.2) is 0 Å². The van der Waals surface area contributed by atoms with E-state index in [-0.39, 0.29) is 5.97 Å². The Morgan fingerprint density at radius 1 is 1.11 bits per heavy atom. The first kappa shape index (κ1) is 14.0. The van der Waals surface area contributed by atoms with Crippen LogP contribution in [0.15, 0.2) is 42.5 Å². The lowest BCUT2D eigenvalue weighted by Crippen LogP contribution is -1.95. The first-order chi connectivity index (χ1) is 8.67. The molecule has 0 unspecified atom stereocenters. The molecule has 2 rings (SSSR count). The monoisotopic (exact) mass is 246 g/mol. The maximum atomic E-state index is 9.82. The third-order valence-corrected chi connectivity index (χ3v) is 2.30. The number of ether oxygens (including phenoxy) is 2. The number of rotatable bonds is 2. The smallest absolute Gasteiger partial charge is 0.302 e. The molecule has 0 aromatic heterocycles. The third kappa shape index (κ3) is 4.45. The van der Waals surface area contributed by atoms with Gasteiger partial charge in [0.05, 0.1) is 13.7 Å². The molecular weight excluding hydrogens is 228 g/mol. The van der Waals surface area contributed by atoms with Gasteiger partial charge in [-0.15, -0.1) is 0 Å². The van der Waals surface area contributed by atoms with Gasteiger partial charge >= 0.3 is 5.97 Å². The van der Waals surface area contributed by atoms with E-state index in [1.807, 2.05) is 24.3 Å². The average Bonchev–Trinajstić information content (AvgIpc) is 2.38. The average molecular weight is 246 g/mol. The summed E-state index contributed by atoms with van der Waals surface area (Å²) in [6.07, 6.45) is 0. The zero-order valence-corrected chi connectivity index (χ0v) is 11.0. The number of benzene rings is 2. The molecule has 0 aliphatic rings. The molecule has 0 fully saturated rings. The second-order valence-electron chi connectivity index (χ2n) is 3.64. The van der Waals surface area contributed by atoms with Crippen molar-refractivity contribution in [2.75, 3.05) is 13.7 Å². The second-order valence-corrected chi connectivity index (χ2v) is 3.64. The van der Waals surface area contributed by atoms with E-state index in [9.17, 15) is 4.79 Å². The van der Waals surface area contributed by atoms with E-state index in [0.29, 0.717) is 6.61 Å². The fraction of sp³-hybridized carbons (Fsp3) is 0.267. The molecule has 0 amide bonds. The summed E-state index contributed by atoms with van der Waals surface area (Å²) in [6, 6.07) is 14.3. The molecule has 0 radical (unpaired) electrons. The highest BCUT2D eigenvalue weighted by atomic mass is 16.5. The Morgan fingerprint density at radius 2 is 1.78 bits per heavy atom. The lowest BCUT2D eigenvalue weighted by atomic mass is 10.1. The van der Waals surface area contributed by atoms with E-state index < -0.39 is 0 Å². The number of methoxy groups -OCH3 is 1. The number of fused-ring (bicyclic) bond motifs is 1. The Morgan fingerprint density at radius 3 is 2.28 bits per heavy atom. The van der Waals surface area contributed by atoms with Crippen LogP contribution in [-0.2, 0) is 9.53 Å². The summed E-state index contributed by atoms with van der Waals surface area (Å²) >= 11 is 0. The highest BCUT2D eigenvalue weighted by Gasteiger charge is 1.93. The fourth-order valence-electron chi connectivity index (χ4n) is 1.50. The molecule has 3 nitrogen and oxygen atoms in total. The number of esters is 1. The lowest BCUT2D eigenvalue weighted by molar-refractivity contribution is -0.140. The topological polar surface area (TPSA) is 35.5 Å². The zero-order chi connectivity index (χ0) is 13.4. The van der Waals surface area contributed by atoms with Gasteiger partial charge in [0.2, 0.25) is 0 Å². The molecule has 0 spiro atoms. The molecule has 0 saturated heterocycles. The van der Waals surface area contributed by atoms with Crippen LogP contribution in [0.5, 0.6) is 5.75 Å². The highest BCUT2D eigenvalue weighted by molar-refractivity contribution is 5.83. The van der Waals surface area contributed by atoms with Crippen molar-refractivity contribution in [1.82, 2.24) is 0 Å². The van der Waals surface area contributed by atoms with Gasteiger partial charge in [-0.3, -0.25) is 4.79 Å². The molecule has 0 bridgehead atoms. The molecule has 0 aliphatic carbocycles. The van der Waals surface area contributed by atoms with E-state index in [1.54, 1.807) is 14.0 Å². The summed E-state index contributed by atoms with van der Waals surface area (Å²) in [5, 5.41) is 2.47. The fourth-order valence-corrected chi connectivity index (χ4v) is 1.50. The maximum absolute atomic E-state index is 9.82. The van der Waals surface area contributed by atoms with Crippen molar-refractivity contribution in [2.24, 2.45) is 0 Å². The van der Waals surface area contributed by atoms with Crippen LogP contribution in [0.25, 0.3) is 10.8 Å². The molecule has 0 saturated carbocycles. The Bertz CT molecular complexity index is 506. The molecule has 0 N–H and O–H groups in total. The van der Waals surface area contributed by atoms with Crippen LogP contribution in [0.1, 0.15) is 13.8 Å². The van der Waals surface area contributed by atoms with Crippen LogP contribution in [-0.4, -0.2) is 19.7 Å². The van der Waals surface area contributed by atoms with Crippen molar-refractivity contribution >= 4 is 16.7 Å². The normalized spacial score (nSPS) is 9.28. The van der Waals surface area contributed by atoms with E-state index >= 15 is 0 Å². The summed E-state index contributed by atoms with van der Waals surface area (Å²) in [6.45, 7) is 3.65. The van der Waals surface area contributed by atoms with Gasteiger partial charge in [0.1, 0.15) is 5.75 Å². The van der Waals surface area contributed by atoms with Crippen LogP contribution >= 0.6 is 0 Å². The van der Waals surface area contributed by atoms with Gasteiger partial charge < -0.3 is 9.47 Å². The summed E-state index contributed by atoms with van der Waals surface area (Å²) in [5.41, 5.74) is 0. The van der Waals surface area contributed by atoms with Crippen molar-refractivity contribution in [2.45, 2.75) is 13.8 Å². The van der Waals surface area contributed by atoms with Crippen molar-refractivity contribution in [3.05, 3.63) is 42.5 Å². The molecule has 0 atom stereocenters.